The van der Waals surface area contributed by atoms with Gasteiger partial charge in [0, 0.05) is 44.9 Å². The molecule has 0 unspecified atom stereocenters. The van der Waals surface area contributed by atoms with E-state index in [2.05, 4.69) is 17.0 Å². The largest absolute Gasteiger partial charge is 0.507 e. The van der Waals surface area contributed by atoms with Gasteiger partial charge >= 0.3 is 5.97 Å². The number of carbonyl (C=O) groups is 2. The van der Waals surface area contributed by atoms with Crippen molar-refractivity contribution < 1.29 is 24.9 Å². The van der Waals surface area contributed by atoms with Gasteiger partial charge < -0.3 is 20.2 Å². The number of aromatic carboxylic acids is 1. The van der Waals surface area contributed by atoms with E-state index in [0.29, 0.717) is 32.6 Å². The lowest BCUT2D eigenvalue weighted by Gasteiger charge is -2.31. The fourth-order valence-corrected chi connectivity index (χ4v) is 5.20. The highest BCUT2D eigenvalue weighted by molar-refractivity contribution is 5.90. The zero-order valence-electron chi connectivity index (χ0n) is 17.5. The minimum absolute atomic E-state index is 0.000257. The predicted molar refractivity (Wildman–Crippen MR) is 115 cm³/mol. The molecule has 0 saturated carbocycles. The molecular formula is C24H28N2O5. The number of carboxylic acid groups (broad SMARTS) is 1. The zero-order valence-corrected chi connectivity index (χ0v) is 17.5. The zero-order chi connectivity index (χ0) is 22.1. The number of hydrogen-bond acceptors (Lipinski definition) is 5. The van der Waals surface area contributed by atoms with E-state index in [9.17, 15) is 24.9 Å². The number of benzene rings is 2. The topological polar surface area (TPSA) is 101 Å². The molecule has 2 fully saturated rings. The van der Waals surface area contributed by atoms with Gasteiger partial charge in [0.1, 0.15) is 11.3 Å². The Balaban J connectivity index is 1.60. The number of carbonyl (C=O) groups excluding carboxylic acids is 1. The van der Waals surface area contributed by atoms with Gasteiger partial charge in [0.2, 0.25) is 5.91 Å². The molecule has 0 bridgehead atoms. The number of nitrogens with zero attached hydrogens (tertiary/aromatic N) is 2. The van der Waals surface area contributed by atoms with Crippen LogP contribution in [0.15, 0.2) is 48.5 Å². The maximum absolute atomic E-state index is 12.5. The van der Waals surface area contributed by atoms with Gasteiger partial charge in [-0.15, -0.1) is 0 Å². The van der Waals surface area contributed by atoms with Crippen LogP contribution >= 0.6 is 0 Å². The minimum atomic E-state index is -1.17. The number of carboxylic acids is 1. The van der Waals surface area contributed by atoms with E-state index >= 15 is 0 Å². The summed E-state index contributed by atoms with van der Waals surface area (Å²) in [4.78, 5) is 27.8. The fourth-order valence-electron chi connectivity index (χ4n) is 5.20. The van der Waals surface area contributed by atoms with Gasteiger partial charge in [-0.1, -0.05) is 36.4 Å². The van der Waals surface area contributed by atoms with Crippen LogP contribution in [0.4, 0.5) is 0 Å². The second-order valence-corrected chi connectivity index (χ2v) is 8.58. The number of rotatable bonds is 4. The van der Waals surface area contributed by atoms with Gasteiger partial charge in [-0.3, -0.25) is 9.69 Å². The number of aromatic hydroxyl groups is 1. The summed E-state index contributed by atoms with van der Waals surface area (Å²) in [5.74, 6) is -1.40. The van der Waals surface area contributed by atoms with Crippen LogP contribution < -0.4 is 0 Å². The molecule has 0 aromatic heterocycles. The number of fused-ring (bicyclic) bond motifs is 1. The van der Waals surface area contributed by atoms with E-state index in [1.165, 1.54) is 12.1 Å². The highest BCUT2D eigenvalue weighted by atomic mass is 16.4. The van der Waals surface area contributed by atoms with Crippen molar-refractivity contribution in [2.75, 3.05) is 19.6 Å². The SMILES string of the molecule is CC(=O)N1C[C@@H](c2ccccc2)[C@@H]2[C@H](O)CCN(Cc3ccc(O)c(C(=O)O)c3)C[C@H]21. The van der Waals surface area contributed by atoms with Crippen LogP contribution in [-0.2, 0) is 11.3 Å². The van der Waals surface area contributed by atoms with Crippen molar-refractivity contribution in [1.82, 2.24) is 9.80 Å². The van der Waals surface area contributed by atoms with Crippen molar-refractivity contribution >= 4 is 11.9 Å². The second-order valence-electron chi connectivity index (χ2n) is 8.58. The molecule has 2 heterocycles. The quantitative estimate of drug-likeness (QED) is 0.696. The van der Waals surface area contributed by atoms with Crippen LogP contribution in [0.25, 0.3) is 0 Å². The van der Waals surface area contributed by atoms with Crippen molar-refractivity contribution in [3.05, 3.63) is 65.2 Å². The third-order valence-corrected chi connectivity index (χ3v) is 6.66. The van der Waals surface area contributed by atoms with E-state index < -0.39 is 12.1 Å². The van der Waals surface area contributed by atoms with E-state index in [-0.39, 0.29) is 35.1 Å². The van der Waals surface area contributed by atoms with Crippen LogP contribution in [0.3, 0.4) is 0 Å². The summed E-state index contributed by atoms with van der Waals surface area (Å²) in [5.41, 5.74) is 1.79. The summed E-state index contributed by atoms with van der Waals surface area (Å²) in [7, 11) is 0. The Morgan fingerprint density at radius 2 is 1.84 bits per heavy atom. The normalized spacial score (nSPS) is 26.3. The Kier molecular flexibility index (Phi) is 5.98. The number of hydrogen-bond donors (Lipinski definition) is 3. The summed E-state index contributed by atoms with van der Waals surface area (Å²) in [6.45, 7) is 3.89. The molecule has 1 amide bonds. The highest BCUT2D eigenvalue weighted by Gasteiger charge is 2.48. The first-order chi connectivity index (χ1) is 14.8. The molecule has 2 aromatic carbocycles. The summed E-state index contributed by atoms with van der Waals surface area (Å²) in [5, 5.41) is 30.1. The molecule has 0 aliphatic carbocycles. The number of amides is 1. The average molecular weight is 424 g/mol. The van der Waals surface area contributed by atoms with E-state index in [0.717, 1.165) is 11.1 Å². The molecule has 4 rings (SSSR count). The van der Waals surface area contributed by atoms with Crippen LogP contribution in [0.5, 0.6) is 5.75 Å². The van der Waals surface area contributed by atoms with Gasteiger partial charge in [0.25, 0.3) is 0 Å². The summed E-state index contributed by atoms with van der Waals surface area (Å²) in [6.07, 6.45) is 0.0547. The third-order valence-electron chi connectivity index (χ3n) is 6.66. The molecule has 0 radical (unpaired) electrons. The first-order valence-electron chi connectivity index (χ1n) is 10.6. The van der Waals surface area contributed by atoms with E-state index in [1.54, 1.807) is 13.0 Å². The molecule has 7 heteroatoms. The molecule has 2 aliphatic heterocycles. The number of phenols is 1. The van der Waals surface area contributed by atoms with E-state index in [1.807, 2.05) is 23.1 Å². The molecule has 0 spiro atoms. The summed E-state index contributed by atoms with van der Waals surface area (Å²) >= 11 is 0. The van der Waals surface area contributed by atoms with Gasteiger partial charge in [0.05, 0.1) is 12.1 Å². The monoisotopic (exact) mass is 424 g/mol. The second kappa shape index (κ2) is 8.69. The maximum atomic E-state index is 12.5. The molecule has 31 heavy (non-hydrogen) atoms. The lowest BCUT2D eigenvalue weighted by atomic mass is 9.81. The number of likely N-dealkylation sites (tertiary alicyclic amines) is 2. The van der Waals surface area contributed by atoms with Crippen LogP contribution in [-0.4, -0.2) is 68.8 Å². The standard InChI is InChI=1S/C24H28N2O5/c1-15(27)26-13-19(17-5-3-2-4-6-17)23-20(26)14-25(10-9-22(23)29)12-16-7-8-21(28)18(11-16)24(30)31/h2-8,11,19-20,22-23,28-29H,9-10,12-14H2,1H3,(H,30,31)/t19-,20+,22+,23-/m0/s1. The molecular weight excluding hydrogens is 396 g/mol. The Bertz CT molecular complexity index is 964. The Morgan fingerprint density at radius 3 is 2.52 bits per heavy atom. The van der Waals surface area contributed by atoms with Crippen molar-refractivity contribution in [3.8, 4) is 5.75 Å². The van der Waals surface area contributed by atoms with Crippen molar-refractivity contribution in [2.24, 2.45) is 5.92 Å². The lowest BCUT2D eigenvalue weighted by molar-refractivity contribution is -0.130. The van der Waals surface area contributed by atoms with Crippen molar-refractivity contribution in [1.29, 1.82) is 0 Å². The Morgan fingerprint density at radius 1 is 1.10 bits per heavy atom. The predicted octanol–water partition coefficient (Wildman–Crippen LogP) is 2.29. The Hall–Kier alpha value is -2.90. The Labute approximate surface area is 181 Å². The minimum Gasteiger partial charge on any atom is -0.507 e. The number of aliphatic hydroxyl groups is 1. The summed E-state index contributed by atoms with van der Waals surface area (Å²) < 4.78 is 0. The lowest BCUT2D eigenvalue weighted by Crippen LogP contribution is -2.44. The summed E-state index contributed by atoms with van der Waals surface area (Å²) in [6, 6.07) is 14.5. The average Bonchev–Trinajstić information content (AvgIpc) is 3.05. The third kappa shape index (κ3) is 4.29. The molecule has 3 N–H and O–H groups in total. The highest BCUT2D eigenvalue weighted by Crippen LogP contribution is 2.42. The molecule has 7 nitrogen and oxygen atoms in total. The van der Waals surface area contributed by atoms with E-state index in [4.69, 9.17) is 0 Å². The molecule has 2 aromatic rings. The number of aliphatic hydroxyl groups excluding tert-OH is 1. The first kappa shape index (κ1) is 21.3. The van der Waals surface area contributed by atoms with Gasteiger partial charge in [0.15, 0.2) is 0 Å². The fraction of sp³-hybridized carbons (Fsp3) is 0.417. The van der Waals surface area contributed by atoms with Gasteiger partial charge in [-0.25, -0.2) is 4.79 Å². The molecule has 4 atom stereocenters. The first-order valence-corrected chi connectivity index (χ1v) is 10.6. The molecule has 2 saturated heterocycles. The van der Waals surface area contributed by atoms with Crippen molar-refractivity contribution in [3.63, 3.8) is 0 Å². The van der Waals surface area contributed by atoms with Crippen molar-refractivity contribution in [2.45, 2.75) is 38.0 Å². The van der Waals surface area contributed by atoms with Gasteiger partial charge in [-0.05, 0) is 29.7 Å². The van der Waals surface area contributed by atoms with Crippen LogP contribution in [0.1, 0.15) is 40.7 Å². The smallest absolute Gasteiger partial charge is 0.339 e. The van der Waals surface area contributed by atoms with Gasteiger partial charge in [-0.2, -0.15) is 0 Å². The maximum Gasteiger partial charge on any atom is 0.339 e. The van der Waals surface area contributed by atoms with Crippen LogP contribution in [0.2, 0.25) is 0 Å². The van der Waals surface area contributed by atoms with Crippen LogP contribution in [0, 0.1) is 5.92 Å². The molecule has 2 aliphatic rings. The molecule has 164 valence electrons.